The third-order valence-corrected chi connectivity index (χ3v) is 6.67. The van der Waals surface area contributed by atoms with Gasteiger partial charge in [-0.25, -0.2) is 9.97 Å². The summed E-state index contributed by atoms with van der Waals surface area (Å²) in [5, 5.41) is 2.92. The second kappa shape index (κ2) is 6.18. The first-order valence-corrected chi connectivity index (χ1v) is 9.70. The van der Waals surface area contributed by atoms with Gasteiger partial charge in [0.15, 0.2) is 5.13 Å². The number of fused-ring (bicyclic) bond motifs is 1. The summed E-state index contributed by atoms with van der Waals surface area (Å²) in [6, 6.07) is 5.81. The van der Waals surface area contributed by atoms with Crippen LogP contribution in [0.15, 0.2) is 34.2 Å². The number of thiophene rings is 1. The fraction of sp³-hybridized carbons (Fsp3) is 0.267. The molecule has 1 aliphatic rings. The van der Waals surface area contributed by atoms with Gasteiger partial charge in [-0.3, -0.25) is 4.79 Å². The van der Waals surface area contributed by atoms with Crippen molar-refractivity contribution < 1.29 is 4.79 Å². The summed E-state index contributed by atoms with van der Waals surface area (Å²) < 4.78 is 0.882. The van der Waals surface area contributed by atoms with Gasteiger partial charge < -0.3 is 9.80 Å². The molecule has 118 valence electrons. The van der Waals surface area contributed by atoms with Crippen LogP contribution in [0.2, 0.25) is 0 Å². The Morgan fingerprint density at radius 3 is 2.74 bits per heavy atom. The number of carbonyl (C=O) groups excluding carboxylic acids is 1. The zero-order valence-electron chi connectivity index (χ0n) is 12.1. The highest BCUT2D eigenvalue weighted by molar-refractivity contribution is 9.10. The fourth-order valence-electron chi connectivity index (χ4n) is 2.58. The summed E-state index contributed by atoms with van der Waals surface area (Å²) in [5.74, 6) is 0.109. The van der Waals surface area contributed by atoms with Gasteiger partial charge in [-0.05, 0) is 39.5 Å². The average Bonchev–Trinajstić information content (AvgIpc) is 3.20. The van der Waals surface area contributed by atoms with E-state index in [2.05, 4.69) is 30.8 Å². The van der Waals surface area contributed by atoms with Crippen LogP contribution in [0.1, 0.15) is 9.67 Å². The number of nitrogens with zero attached hydrogens (tertiary/aromatic N) is 4. The van der Waals surface area contributed by atoms with Gasteiger partial charge in [0.1, 0.15) is 15.2 Å². The van der Waals surface area contributed by atoms with E-state index in [1.54, 1.807) is 17.5 Å². The smallest absolute Gasteiger partial charge is 0.265 e. The quantitative estimate of drug-likeness (QED) is 0.651. The largest absolute Gasteiger partial charge is 0.344 e. The van der Waals surface area contributed by atoms with Crippen LogP contribution in [0.25, 0.3) is 10.3 Å². The number of pyridine rings is 1. The van der Waals surface area contributed by atoms with E-state index < -0.39 is 0 Å². The molecule has 0 atom stereocenters. The maximum Gasteiger partial charge on any atom is 0.265 e. The molecule has 23 heavy (non-hydrogen) atoms. The van der Waals surface area contributed by atoms with Crippen molar-refractivity contribution in [3.8, 4) is 0 Å². The van der Waals surface area contributed by atoms with Crippen LogP contribution in [-0.4, -0.2) is 47.0 Å². The Labute approximate surface area is 149 Å². The first-order valence-electron chi connectivity index (χ1n) is 7.21. The van der Waals surface area contributed by atoms with Crippen molar-refractivity contribution in [1.29, 1.82) is 0 Å². The predicted octanol–water partition coefficient (Wildman–Crippen LogP) is 3.48. The average molecular weight is 409 g/mol. The molecule has 8 heteroatoms. The highest BCUT2D eigenvalue weighted by atomic mass is 79.9. The monoisotopic (exact) mass is 408 g/mol. The van der Waals surface area contributed by atoms with E-state index in [1.165, 1.54) is 11.3 Å². The molecule has 1 fully saturated rings. The molecule has 0 radical (unpaired) electrons. The molecular formula is C15H13BrN4OS2. The minimum Gasteiger partial charge on any atom is -0.344 e. The number of piperazine rings is 1. The van der Waals surface area contributed by atoms with Gasteiger partial charge in [-0.1, -0.05) is 11.3 Å². The van der Waals surface area contributed by atoms with Crippen LogP contribution < -0.4 is 4.90 Å². The van der Waals surface area contributed by atoms with Gasteiger partial charge in [0.25, 0.3) is 5.91 Å². The zero-order valence-corrected chi connectivity index (χ0v) is 15.3. The Bertz CT molecular complexity index is 821. The van der Waals surface area contributed by atoms with Crippen LogP contribution in [-0.2, 0) is 0 Å². The molecule has 0 spiro atoms. The summed E-state index contributed by atoms with van der Waals surface area (Å²) in [6.45, 7) is 3.03. The number of hydrogen-bond acceptors (Lipinski definition) is 6. The molecule has 0 unspecified atom stereocenters. The molecule has 0 saturated carbocycles. The Morgan fingerprint density at radius 1 is 1.22 bits per heavy atom. The maximum atomic E-state index is 12.5. The van der Waals surface area contributed by atoms with Crippen molar-refractivity contribution in [2.24, 2.45) is 0 Å². The molecule has 1 aliphatic heterocycles. The molecular weight excluding hydrogens is 396 g/mol. The number of hydrogen-bond donors (Lipinski definition) is 0. The van der Waals surface area contributed by atoms with Gasteiger partial charge in [0.05, 0.1) is 0 Å². The number of halogens is 1. The van der Waals surface area contributed by atoms with Crippen LogP contribution in [0, 0.1) is 0 Å². The lowest BCUT2D eigenvalue weighted by Crippen LogP contribution is -2.48. The molecule has 1 amide bonds. The molecule has 4 heterocycles. The van der Waals surface area contributed by atoms with Crippen LogP contribution in [0.4, 0.5) is 5.13 Å². The van der Waals surface area contributed by atoms with Crippen LogP contribution in [0.3, 0.4) is 0 Å². The number of amides is 1. The standard InChI is InChI=1S/C15H13BrN4OS2/c16-10-3-9-22-12(10)14(21)19-5-7-20(8-6-19)15-18-11-2-1-4-17-13(11)23-15/h1-4,9H,5-8H2. The lowest BCUT2D eigenvalue weighted by atomic mass is 10.3. The van der Waals surface area contributed by atoms with E-state index >= 15 is 0 Å². The van der Waals surface area contributed by atoms with E-state index in [0.717, 1.165) is 37.9 Å². The SMILES string of the molecule is O=C(c1sccc1Br)N1CCN(c2nc3cccnc3s2)CC1. The fourth-order valence-corrected chi connectivity index (χ4v) is 5.05. The number of thiazole rings is 1. The second-order valence-electron chi connectivity index (χ2n) is 5.20. The van der Waals surface area contributed by atoms with Crippen LogP contribution in [0.5, 0.6) is 0 Å². The van der Waals surface area contributed by atoms with Crippen molar-refractivity contribution >= 4 is 60.0 Å². The molecule has 0 bridgehead atoms. The zero-order chi connectivity index (χ0) is 15.8. The number of anilines is 1. The maximum absolute atomic E-state index is 12.5. The van der Waals surface area contributed by atoms with Crippen molar-refractivity contribution in [3.63, 3.8) is 0 Å². The first kappa shape index (κ1) is 15.0. The van der Waals surface area contributed by atoms with Crippen molar-refractivity contribution in [2.75, 3.05) is 31.1 Å². The Balaban J connectivity index is 1.46. The molecule has 0 aliphatic carbocycles. The molecule has 3 aromatic rings. The third-order valence-electron chi connectivity index (χ3n) is 3.80. The molecule has 0 N–H and O–H groups in total. The van der Waals surface area contributed by atoms with Gasteiger partial charge in [0, 0.05) is 36.8 Å². The molecule has 0 aromatic carbocycles. The Morgan fingerprint density at radius 2 is 2.04 bits per heavy atom. The molecule has 1 saturated heterocycles. The highest BCUT2D eigenvalue weighted by Gasteiger charge is 2.25. The number of carbonyl (C=O) groups is 1. The lowest BCUT2D eigenvalue weighted by molar-refractivity contribution is 0.0751. The van der Waals surface area contributed by atoms with Crippen molar-refractivity contribution in [1.82, 2.24) is 14.9 Å². The summed E-state index contributed by atoms with van der Waals surface area (Å²) in [7, 11) is 0. The highest BCUT2D eigenvalue weighted by Crippen LogP contribution is 2.29. The summed E-state index contributed by atoms with van der Waals surface area (Å²) in [5.41, 5.74) is 0.938. The lowest BCUT2D eigenvalue weighted by Gasteiger charge is -2.34. The van der Waals surface area contributed by atoms with Crippen molar-refractivity contribution in [3.05, 3.63) is 39.1 Å². The minimum absolute atomic E-state index is 0.109. The van der Waals surface area contributed by atoms with Gasteiger partial charge in [0.2, 0.25) is 0 Å². The topological polar surface area (TPSA) is 49.3 Å². The Hall–Kier alpha value is -1.51. The van der Waals surface area contributed by atoms with Crippen molar-refractivity contribution in [2.45, 2.75) is 0 Å². The van der Waals surface area contributed by atoms with E-state index in [9.17, 15) is 4.79 Å². The third kappa shape index (κ3) is 2.86. The van der Waals surface area contributed by atoms with Gasteiger partial charge in [-0.15, -0.1) is 11.3 Å². The molecule has 3 aromatic heterocycles. The molecule has 5 nitrogen and oxygen atoms in total. The minimum atomic E-state index is 0.109. The Kier molecular flexibility index (Phi) is 4.04. The normalized spacial score (nSPS) is 15.3. The number of aromatic nitrogens is 2. The van der Waals surface area contributed by atoms with Crippen LogP contribution >= 0.6 is 38.6 Å². The number of rotatable bonds is 2. The first-order chi connectivity index (χ1) is 11.2. The van der Waals surface area contributed by atoms with E-state index in [4.69, 9.17) is 0 Å². The second-order valence-corrected chi connectivity index (χ2v) is 7.93. The summed E-state index contributed by atoms with van der Waals surface area (Å²) in [4.78, 5) is 27.4. The molecule has 4 rings (SSSR count). The summed E-state index contributed by atoms with van der Waals surface area (Å²) >= 11 is 6.53. The van der Waals surface area contributed by atoms with E-state index in [0.29, 0.717) is 13.1 Å². The van der Waals surface area contributed by atoms with E-state index in [-0.39, 0.29) is 5.91 Å². The van der Waals surface area contributed by atoms with Gasteiger partial charge >= 0.3 is 0 Å². The van der Waals surface area contributed by atoms with Gasteiger partial charge in [-0.2, -0.15) is 0 Å². The summed E-state index contributed by atoms with van der Waals surface area (Å²) in [6.07, 6.45) is 1.79. The predicted molar refractivity (Wildman–Crippen MR) is 97.6 cm³/mol. The van der Waals surface area contributed by atoms with E-state index in [1.807, 2.05) is 28.5 Å².